The number of aliphatic carboxylic acids is 1. The van der Waals surface area contributed by atoms with Crippen LogP contribution < -0.4 is 10.6 Å². The predicted octanol–water partition coefficient (Wildman–Crippen LogP) is 4.70. The Labute approximate surface area is 200 Å². The minimum atomic E-state index is -0.814. The summed E-state index contributed by atoms with van der Waals surface area (Å²) in [6.07, 6.45) is 2.01. The van der Waals surface area contributed by atoms with E-state index in [-0.39, 0.29) is 30.8 Å². The van der Waals surface area contributed by atoms with Gasteiger partial charge in [0.05, 0.1) is 0 Å². The predicted molar refractivity (Wildman–Crippen MR) is 131 cm³/mol. The molecule has 7 nitrogen and oxygen atoms in total. The van der Waals surface area contributed by atoms with Gasteiger partial charge < -0.3 is 20.5 Å². The van der Waals surface area contributed by atoms with E-state index in [0.29, 0.717) is 25.8 Å². The highest BCUT2D eigenvalue weighted by atomic mass is 16.5. The van der Waals surface area contributed by atoms with Gasteiger partial charge >= 0.3 is 12.1 Å². The van der Waals surface area contributed by atoms with Crippen LogP contribution in [0.25, 0.3) is 11.1 Å². The van der Waals surface area contributed by atoms with Crippen molar-refractivity contribution in [2.75, 3.05) is 13.2 Å². The molecule has 0 saturated heterocycles. The standard InChI is InChI=1S/C27H34N2O5/c1-3-8-24(26(32)28-16-15-18(2)13-14-25(30)31)29-27(33)34-17-23-21-11-6-4-9-19(21)20-10-5-7-12-22(20)23/h4-7,9-12,18,23-24H,3,8,13-17H2,1-2H3,(H,28,32)(H,29,33)(H,30,31)/t18?,24-/m0/s1. The topological polar surface area (TPSA) is 105 Å². The van der Waals surface area contributed by atoms with Gasteiger partial charge in [0.15, 0.2) is 0 Å². The Bertz CT molecular complexity index is 961. The summed E-state index contributed by atoms with van der Waals surface area (Å²) in [5.41, 5.74) is 4.59. The molecule has 2 aromatic carbocycles. The van der Waals surface area contributed by atoms with Crippen molar-refractivity contribution in [3.8, 4) is 11.1 Å². The number of nitrogens with one attached hydrogen (secondary N) is 2. The molecule has 1 aliphatic rings. The van der Waals surface area contributed by atoms with Crippen molar-refractivity contribution in [3.05, 3.63) is 59.7 Å². The van der Waals surface area contributed by atoms with Gasteiger partial charge in [0.25, 0.3) is 0 Å². The Kier molecular flexibility index (Phi) is 9.08. The molecule has 0 fully saturated rings. The summed E-state index contributed by atoms with van der Waals surface area (Å²) in [6.45, 7) is 4.55. The highest BCUT2D eigenvalue weighted by Crippen LogP contribution is 2.44. The Hall–Kier alpha value is -3.35. The molecule has 0 heterocycles. The number of carboxylic acid groups (broad SMARTS) is 1. The van der Waals surface area contributed by atoms with Crippen LogP contribution in [0.4, 0.5) is 4.79 Å². The molecular weight excluding hydrogens is 432 g/mol. The fraction of sp³-hybridized carbons (Fsp3) is 0.444. The largest absolute Gasteiger partial charge is 0.481 e. The number of benzene rings is 2. The molecule has 1 aliphatic carbocycles. The Balaban J connectivity index is 1.51. The monoisotopic (exact) mass is 466 g/mol. The van der Waals surface area contributed by atoms with Crippen molar-refractivity contribution in [2.45, 2.75) is 57.9 Å². The van der Waals surface area contributed by atoms with Crippen LogP contribution in [0.2, 0.25) is 0 Å². The number of carbonyl (C=O) groups is 3. The van der Waals surface area contributed by atoms with Gasteiger partial charge in [0.2, 0.25) is 5.91 Å². The van der Waals surface area contributed by atoms with Crippen LogP contribution in [0.5, 0.6) is 0 Å². The summed E-state index contributed by atoms with van der Waals surface area (Å²) in [7, 11) is 0. The number of carbonyl (C=O) groups excluding carboxylic acids is 2. The van der Waals surface area contributed by atoms with E-state index in [2.05, 4.69) is 34.9 Å². The van der Waals surface area contributed by atoms with Gasteiger partial charge in [-0.05, 0) is 47.4 Å². The first-order valence-electron chi connectivity index (χ1n) is 12.0. The molecule has 7 heteroatoms. The van der Waals surface area contributed by atoms with E-state index in [4.69, 9.17) is 9.84 Å². The molecule has 1 unspecified atom stereocenters. The molecule has 0 bridgehead atoms. The number of hydrogen-bond acceptors (Lipinski definition) is 4. The maximum absolute atomic E-state index is 12.6. The summed E-state index contributed by atoms with van der Waals surface area (Å²) in [5, 5.41) is 14.4. The van der Waals surface area contributed by atoms with Crippen LogP contribution in [-0.4, -0.2) is 42.3 Å². The smallest absolute Gasteiger partial charge is 0.407 e. The lowest BCUT2D eigenvalue weighted by Gasteiger charge is -2.20. The number of rotatable bonds is 12. The van der Waals surface area contributed by atoms with Crippen LogP contribution in [0.15, 0.2) is 48.5 Å². The molecular formula is C27H34N2O5. The second kappa shape index (κ2) is 12.2. The molecule has 3 rings (SSSR count). The first-order chi connectivity index (χ1) is 16.4. The molecule has 182 valence electrons. The Morgan fingerprint density at radius 3 is 2.18 bits per heavy atom. The number of fused-ring (bicyclic) bond motifs is 3. The second-order valence-electron chi connectivity index (χ2n) is 8.93. The maximum Gasteiger partial charge on any atom is 0.407 e. The summed E-state index contributed by atoms with van der Waals surface area (Å²) < 4.78 is 5.58. The molecule has 0 saturated carbocycles. The summed E-state index contributed by atoms with van der Waals surface area (Å²) in [6, 6.07) is 15.6. The zero-order chi connectivity index (χ0) is 24.5. The van der Waals surface area contributed by atoms with E-state index in [1.54, 1.807) is 0 Å². The van der Waals surface area contributed by atoms with Crippen molar-refractivity contribution in [1.82, 2.24) is 10.6 Å². The minimum Gasteiger partial charge on any atom is -0.481 e. The van der Waals surface area contributed by atoms with Gasteiger partial charge in [-0.25, -0.2) is 4.79 Å². The van der Waals surface area contributed by atoms with Gasteiger partial charge in [0.1, 0.15) is 12.6 Å². The number of carboxylic acids is 1. The van der Waals surface area contributed by atoms with Gasteiger partial charge in [-0.3, -0.25) is 9.59 Å². The van der Waals surface area contributed by atoms with Crippen molar-refractivity contribution < 1.29 is 24.2 Å². The molecule has 3 N–H and O–H groups in total. The highest BCUT2D eigenvalue weighted by molar-refractivity contribution is 5.85. The molecule has 0 aromatic heterocycles. The van der Waals surface area contributed by atoms with Gasteiger partial charge in [-0.1, -0.05) is 68.8 Å². The van der Waals surface area contributed by atoms with Crippen molar-refractivity contribution in [1.29, 1.82) is 0 Å². The third-order valence-electron chi connectivity index (χ3n) is 6.32. The van der Waals surface area contributed by atoms with E-state index >= 15 is 0 Å². The van der Waals surface area contributed by atoms with E-state index in [0.717, 1.165) is 28.7 Å². The number of hydrogen-bond donors (Lipinski definition) is 3. The van der Waals surface area contributed by atoms with Crippen molar-refractivity contribution >= 4 is 18.0 Å². The summed E-state index contributed by atoms with van der Waals surface area (Å²) in [4.78, 5) is 35.9. The summed E-state index contributed by atoms with van der Waals surface area (Å²) in [5.74, 6) is -0.910. The first kappa shape index (κ1) is 25.3. The molecule has 0 spiro atoms. The van der Waals surface area contributed by atoms with Crippen LogP contribution in [-0.2, 0) is 14.3 Å². The van der Waals surface area contributed by atoms with Gasteiger partial charge in [-0.15, -0.1) is 0 Å². The lowest BCUT2D eigenvalue weighted by molar-refractivity contribution is -0.137. The van der Waals surface area contributed by atoms with Gasteiger partial charge in [0, 0.05) is 18.9 Å². The van der Waals surface area contributed by atoms with E-state index in [1.807, 2.05) is 38.1 Å². The van der Waals surface area contributed by atoms with E-state index in [9.17, 15) is 14.4 Å². The highest BCUT2D eigenvalue weighted by Gasteiger charge is 2.29. The molecule has 2 aromatic rings. The zero-order valence-electron chi connectivity index (χ0n) is 19.9. The quantitative estimate of drug-likeness (QED) is 0.421. The third kappa shape index (κ3) is 6.59. The molecule has 34 heavy (non-hydrogen) atoms. The summed E-state index contributed by atoms with van der Waals surface area (Å²) >= 11 is 0. The second-order valence-corrected chi connectivity index (χ2v) is 8.93. The fourth-order valence-corrected chi connectivity index (χ4v) is 4.42. The average molecular weight is 467 g/mol. The van der Waals surface area contributed by atoms with E-state index in [1.165, 1.54) is 0 Å². The fourth-order valence-electron chi connectivity index (χ4n) is 4.42. The van der Waals surface area contributed by atoms with Gasteiger partial charge in [-0.2, -0.15) is 0 Å². The van der Waals surface area contributed by atoms with Crippen LogP contribution >= 0.6 is 0 Å². The zero-order valence-corrected chi connectivity index (χ0v) is 19.9. The van der Waals surface area contributed by atoms with Crippen molar-refractivity contribution in [2.24, 2.45) is 5.92 Å². The van der Waals surface area contributed by atoms with Crippen LogP contribution in [0, 0.1) is 5.92 Å². The molecule has 0 aliphatic heterocycles. The Morgan fingerprint density at radius 1 is 0.971 bits per heavy atom. The third-order valence-corrected chi connectivity index (χ3v) is 6.32. The first-order valence-corrected chi connectivity index (χ1v) is 12.0. The molecule has 2 amide bonds. The van der Waals surface area contributed by atoms with Crippen molar-refractivity contribution in [3.63, 3.8) is 0 Å². The maximum atomic E-state index is 12.6. The van der Waals surface area contributed by atoms with Crippen LogP contribution in [0.1, 0.15) is 63.0 Å². The normalized spacial score (nSPS) is 13.9. The number of ether oxygens (including phenoxy) is 1. The van der Waals surface area contributed by atoms with E-state index < -0.39 is 18.1 Å². The van der Waals surface area contributed by atoms with Crippen LogP contribution in [0.3, 0.4) is 0 Å². The number of amides is 2. The SMILES string of the molecule is CCC[C@H](NC(=O)OCC1c2ccccc2-c2ccccc21)C(=O)NCCC(C)CCC(=O)O. The minimum absolute atomic E-state index is 0.0381. The molecule has 2 atom stereocenters. The lowest BCUT2D eigenvalue weighted by atomic mass is 9.98. The lowest BCUT2D eigenvalue weighted by Crippen LogP contribution is -2.47. The molecule has 0 radical (unpaired) electrons. The number of alkyl carbamates (subject to hydrolysis) is 1. The Morgan fingerprint density at radius 2 is 1.59 bits per heavy atom. The average Bonchev–Trinajstić information content (AvgIpc) is 3.15.